The summed E-state index contributed by atoms with van der Waals surface area (Å²) in [6.07, 6.45) is 6.02. The summed E-state index contributed by atoms with van der Waals surface area (Å²) in [5.41, 5.74) is 0.714. The molecule has 0 aromatic carbocycles. The standard InChI is InChI=1S/C11H20.2C2H6/c1-4-8-5-9-7-10(6-8)11(9,2)3;2*1-2/h8-10H,4-7H2,1-3H3;2*1-2H3. The van der Waals surface area contributed by atoms with E-state index < -0.39 is 0 Å². The lowest BCUT2D eigenvalue weighted by Gasteiger charge is -2.59. The fourth-order valence-electron chi connectivity index (χ4n) is 3.16. The zero-order chi connectivity index (χ0) is 12.1. The maximum absolute atomic E-state index is 2.47. The van der Waals surface area contributed by atoms with E-state index >= 15 is 0 Å². The number of fused-ring (bicyclic) bond motifs is 2. The van der Waals surface area contributed by atoms with Crippen LogP contribution in [0.15, 0.2) is 0 Å². The van der Waals surface area contributed by atoms with Gasteiger partial charge in [0.1, 0.15) is 0 Å². The van der Waals surface area contributed by atoms with Crippen molar-refractivity contribution in [1.29, 1.82) is 0 Å². The Morgan fingerprint density at radius 1 is 0.867 bits per heavy atom. The second kappa shape index (κ2) is 6.55. The first-order chi connectivity index (χ1) is 7.14. The smallest absolute Gasteiger partial charge is 0.0297 e. The average molecular weight is 212 g/mol. The lowest BCUT2D eigenvalue weighted by atomic mass is 9.46. The van der Waals surface area contributed by atoms with Crippen molar-refractivity contribution in [3.05, 3.63) is 0 Å². The summed E-state index contributed by atoms with van der Waals surface area (Å²) in [4.78, 5) is 0. The molecule has 3 aliphatic rings. The molecule has 2 bridgehead atoms. The van der Waals surface area contributed by atoms with E-state index in [9.17, 15) is 0 Å². The van der Waals surface area contributed by atoms with E-state index in [0.717, 1.165) is 17.8 Å². The molecule has 0 saturated heterocycles. The van der Waals surface area contributed by atoms with Crippen molar-refractivity contribution in [2.24, 2.45) is 23.2 Å². The molecule has 0 spiro atoms. The maximum Gasteiger partial charge on any atom is -0.0297 e. The Hall–Kier alpha value is 0. The summed E-state index contributed by atoms with van der Waals surface area (Å²) in [6.45, 7) is 15.3. The van der Waals surface area contributed by atoms with Gasteiger partial charge in [-0.25, -0.2) is 0 Å². The first kappa shape index (κ1) is 15.0. The highest BCUT2D eigenvalue weighted by Gasteiger charge is 2.51. The van der Waals surface area contributed by atoms with Crippen molar-refractivity contribution in [3.63, 3.8) is 0 Å². The Balaban J connectivity index is 0.000000442. The predicted octanol–water partition coefficient (Wildman–Crippen LogP) is 5.52. The van der Waals surface area contributed by atoms with Gasteiger partial charge in [-0.3, -0.25) is 0 Å². The largest absolute Gasteiger partial charge is 0.0683 e. The molecule has 3 rings (SSSR count). The molecule has 0 N–H and O–H groups in total. The van der Waals surface area contributed by atoms with Gasteiger partial charge >= 0.3 is 0 Å². The molecule has 92 valence electrons. The van der Waals surface area contributed by atoms with Crippen molar-refractivity contribution >= 4 is 0 Å². The lowest BCUT2D eigenvalue weighted by Crippen LogP contribution is -2.50. The molecule has 3 fully saturated rings. The van der Waals surface area contributed by atoms with Crippen LogP contribution >= 0.6 is 0 Å². The molecule has 0 aromatic rings. The van der Waals surface area contributed by atoms with Crippen molar-refractivity contribution in [1.82, 2.24) is 0 Å². The van der Waals surface area contributed by atoms with Crippen LogP contribution in [-0.4, -0.2) is 0 Å². The number of rotatable bonds is 1. The fourth-order valence-corrected chi connectivity index (χ4v) is 3.16. The van der Waals surface area contributed by atoms with Crippen LogP contribution in [0.2, 0.25) is 0 Å². The molecule has 2 unspecified atom stereocenters. The van der Waals surface area contributed by atoms with Gasteiger partial charge in [-0.15, -0.1) is 0 Å². The molecule has 0 amide bonds. The molecule has 0 nitrogen and oxygen atoms in total. The van der Waals surface area contributed by atoms with Crippen molar-refractivity contribution < 1.29 is 0 Å². The first-order valence-corrected chi connectivity index (χ1v) is 7.14. The molecule has 2 atom stereocenters. The molecule has 0 aliphatic heterocycles. The average Bonchev–Trinajstić information content (AvgIpc) is 2.34. The minimum atomic E-state index is 0.714. The van der Waals surface area contributed by atoms with Crippen LogP contribution in [0.3, 0.4) is 0 Å². The highest BCUT2D eigenvalue weighted by atomic mass is 14.6. The zero-order valence-electron chi connectivity index (χ0n) is 12.1. The number of hydrogen-bond acceptors (Lipinski definition) is 0. The Morgan fingerprint density at radius 3 is 1.53 bits per heavy atom. The van der Waals surface area contributed by atoms with Gasteiger partial charge in [0.25, 0.3) is 0 Å². The normalized spacial score (nSPS) is 35.0. The highest BCUT2D eigenvalue weighted by Crippen LogP contribution is 2.60. The number of hydrogen-bond donors (Lipinski definition) is 0. The van der Waals surface area contributed by atoms with Crippen LogP contribution in [0.25, 0.3) is 0 Å². The van der Waals surface area contributed by atoms with E-state index in [1.807, 2.05) is 27.7 Å². The van der Waals surface area contributed by atoms with Gasteiger partial charge < -0.3 is 0 Å². The topological polar surface area (TPSA) is 0 Å². The SMILES string of the molecule is CC.CC.CCC1CC2CC(C1)C2(C)C. The van der Waals surface area contributed by atoms with Gasteiger partial charge in [-0.2, -0.15) is 0 Å². The van der Waals surface area contributed by atoms with Gasteiger partial charge in [-0.1, -0.05) is 54.9 Å². The van der Waals surface area contributed by atoms with Crippen molar-refractivity contribution in [2.75, 3.05) is 0 Å². The summed E-state index contributed by atoms with van der Waals surface area (Å²) in [5, 5.41) is 0. The van der Waals surface area contributed by atoms with E-state index in [4.69, 9.17) is 0 Å². The van der Waals surface area contributed by atoms with Crippen LogP contribution < -0.4 is 0 Å². The third-order valence-electron chi connectivity index (χ3n) is 4.49. The second-order valence-corrected chi connectivity index (χ2v) is 5.20. The molecule has 3 aliphatic carbocycles. The third kappa shape index (κ3) is 2.98. The quantitative estimate of drug-likeness (QED) is 0.537. The molecule has 3 saturated carbocycles. The Morgan fingerprint density at radius 2 is 1.27 bits per heavy atom. The van der Waals surface area contributed by atoms with E-state index in [1.54, 1.807) is 6.42 Å². The third-order valence-corrected chi connectivity index (χ3v) is 4.49. The van der Waals surface area contributed by atoms with Crippen LogP contribution in [0, 0.1) is 23.2 Å². The molecule has 0 heterocycles. The van der Waals surface area contributed by atoms with E-state index in [-0.39, 0.29) is 0 Å². The maximum atomic E-state index is 2.47. The molecular weight excluding hydrogens is 180 g/mol. The Kier molecular flexibility index (Phi) is 6.55. The summed E-state index contributed by atoms with van der Waals surface area (Å²) in [7, 11) is 0. The minimum absolute atomic E-state index is 0.714. The summed E-state index contributed by atoms with van der Waals surface area (Å²) in [6, 6.07) is 0. The first-order valence-electron chi connectivity index (χ1n) is 7.14. The van der Waals surface area contributed by atoms with Gasteiger partial charge in [0.15, 0.2) is 0 Å². The molecule has 0 aromatic heterocycles. The minimum Gasteiger partial charge on any atom is -0.0683 e. The van der Waals surface area contributed by atoms with Crippen LogP contribution in [0.5, 0.6) is 0 Å². The van der Waals surface area contributed by atoms with Gasteiger partial charge in [0, 0.05) is 0 Å². The highest BCUT2D eigenvalue weighted by molar-refractivity contribution is 5.01. The lowest BCUT2D eigenvalue weighted by molar-refractivity contribution is -0.0902. The van der Waals surface area contributed by atoms with Gasteiger partial charge in [0.05, 0.1) is 0 Å². The van der Waals surface area contributed by atoms with Gasteiger partial charge in [0.2, 0.25) is 0 Å². The Labute approximate surface area is 97.8 Å². The molecule has 15 heavy (non-hydrogen) atoms. The van der Waals surface area contributed by atoms with E-state index in [0.29, 0.717) is 5.41 Å². The monoisotopic (exact) mass is 212 g/mol. The molecular formula is C15H32. The van der Waals surface area contributed by atoms with Gasteiger partial charge in [-0.05, 0) is 42.4 Å². The zero-order valence-corrected chi connectivity index (χ0v) is 12.1. The van der Waals surface area contributed by atoms with E-state index in [1.165, 1.54) is 19.3 Å². The van der Waals surface area contributed by atoms with Crippen LogP contribution in [-0.2, 0) is 0 Å². The summed E-state index contributed by atoms with van der Waals surface area (Å²) in [5.74, 6) is 3.23. The summed E-state index contributed by atoms with van der Waals surface area (Å²) >= 11 is 0. The van der Waals surface area contributed by atoms with Crippen LogP contribution in [0.4, 0.5) is 0 Å². The Bertz CT molecular complexity index is 143. The predicted molar refractivity (Wildman–Crippen MR) is 71.1 cm³/mol. The van der Waals surface area contributed by atoms with Crippen molar-refractivity contribution in [3.8, 4) is 0 Å². The van der Waals surface area contributed by atoms with E-state index in [2.05, 4.69) is 20.8 Å². The summed E-state index contributed by atoms with van der Waals surface area (Å²) < 4.78 is 0. The molecule has 0 heteroatoms. The molecule has 0 radical (unpaired) electrons. The van der Waals surface area contributed by atoms with Crippen molar-refractivity contribution in [2.45, 2.75) is 74.1 Å². The van der Waals surface area contributed by atoms with Crippen LogP contribution in [0.1, 0.15) is 74.1 Å². The fraction of sp³-hybridized carbons (Fsp3) is 1.00. The second-order valence-electron chi connectivity index (χ2n) is 5.20.